The summed E-state index contributed by atoms with van der Waals surface area (Å²) in [6.45, 7) is 0.0552. The molecule has 0 saturated carbocycles. The van der Waals surface area contributed by atoms with E-state index in [1.807, 2.05) is 0 Å². The lowest BCUT2D eigenvalue weighted by atomic mass is 10.0. The Hall–Kier alpha value is -2.40. The summed E-state index contributed by atoms with van der Waals surface area (Å²) < 4.78 is 84.6. The minimum Gasteiger partial charge on any atom is -0.376 e. The standard InChI is InChI=1S/C21H24F4N2O4S/c1-26(9-11-32(2,29)30)20(28)19-17(14-5-7-15(22)8-6-14)12-18(21(23,24)25)27(19)13-16-4-3-10-31-16/h5-8,12,16H,3-4,9-11,13H2,1-2H3. The van der Waals surface area contributed by atoms with Gasteiger partial charge in [-0.05, 0) is 36.6 Å². The van der Waals surface area contributed by atoms with E-state index in [-0.39, 0.29) is 35.7 Å². The quantitative estimate of drug-likeness (QED) is 0.573. The molecule has 0 N–H and O–H groups in total. The molecule has 32 heavy (non-hydrogen) atoms. The number of amides is 1. The minimum absolute atomic E-state index is 0.00784. The first-order valence-electron chi connectivity index (χ1n) is 9.98. The van der Waals surface area contributed by atoms with Gasteiger partial charge in [0.1, 0.15) is 27.0 Å². The maximum absolute atomic E-state index is 13.9. The smallest absolute Gasteiger partial charge is 0.376 e. The second-order valence-corrected chi connectivity index (χ2v) is 10.2. The monoisotopic (exact) mass is 476 g/mol. The van der Waals surface area contributed by atoms with E-state index in [2.05, 4.69) is 0 Å². The van der Waals surface area contributed by atoms with Gasteiger partial charge in [0.05, 0.1) is 11.9 Å². The molecule has 0 aliphatic carbocycles. The molecule has 176 valence electrons. The Morgan fingerprint density at radius 3 is 2.44 bits per heavy atom. The average molecular weight is 476 g/mol. The molecular formula is C21H24F4N2O4S. The third-order valence-electron chi connectivity index (χ3n) is 5.30. The van der Waals surface area contributed by atoms with Crippen molar-refractivity contribution in [3.63, 3.8) is 0 Å². The van der Waals surface area contributed by atoms with E-state index in [4.69, 9.17) is 4.74 Å². The number of nitrogens with zero attached hydrogens (tertiary/aromatic N) is 2. The number of alkyl halides is 3. The molecule has 1 aromatic heterocycles. The number of sulfone groups is 1. The Balaban J connectivity index is 2.14. The summed E-state index contributed by atoms with van der Waals surface area (Å²) in [6.07, 6.45) is -2.97. The predicted molar refractivity (Wildman–Crippen MR) is 110 cm³/mol. The number of halogens is 4. The van der Waals surface area contributed by atoms with Gasteiger partial charge in [-0.3, -0.25) is 4.79 Å². The fourth-order valence-corrected chi connectivity index (χ4v) is 4.24. The van der Waals surface area contributed by atoms with Crippen LogP contribution < -0.4 is 0 Å². The molecule has 1 amide bonds. The van der Waals surface area contributed by atoms with Gasteiger partial charge in [-0.25, -0.2) is 12.8 Å². The molecule has 0 spiro atoms. The lowest BCUT2D eigenvalue weighted by Crippen LogP contribution is -2.34. The topological polar surface area (TPSA) is 68.6 Å². The van der Waals surface area contributed by atoms with Crippen molar-refractivity contribution in [1.29, 1.82) is 0 Å². The van der Waals surface area contributed by atoms with E-state index < -0.39 is 39.5 Å². The van der Waals surface area contributed by atoms with E-state index in [0.717, 1.165) is 33.9 Å². The van der Waals surface area contributed by atoms with Crippen LogP contribution in [0.1, 0.15) is 29.0 Å². The van der Waals surface area contributed by atoms with Gasteiger partial charge in [-0.1, -0.05) is 12.1 Å². The number of hydrogen-bond donors (Lipinski definition) is 0. The molecule has 1 atom stereocenters. The maximum atomic E-state index is 13.9. The highest BCUT2D eigenvalue weighted by atomic mass is 32.2. The third kappa shape index (κ3) is 5.69. The average Bonchev–Trinajstić information content (AvgIpc) is 3.33. The number of ether oxygens (including phenoxy) is 1. The minimum atomic E-state index is -4.75. The number of aromatic nitrogens is 1. The maximum Gasteiger partial charge on any atom is 0.431 e. The number of carbonyl (C=O) groups excluding carboxylic acids is 1. The van der Waals surface area contributed by atoms with Gasteiger partial charge in [0.15, 0.2) is 0 Å². The van der Waals surface area contributed by atoms with Crippen LogP contribution in [0.3, 0.4) is 0 Å². The molecule has 2 heterocycles. The zero-order valence-corrected chi connectivity index (χ0v) is 18.5. The van der Waals surface area contributed by atoms with Crippen molar-refractivity contribution in [3.8, 4) is 11.1 Å². The lowest BCUT2D eigenvalue weighted by molar-refractivity contribution is -0.144. The van der Waals surface area contributed by atoms with Crippen molar-refractivity contribution in [2.45, 2.75) is 31.7 Å². The van der Waals surface area contributed by atoms with Gasteiger partial charge < -0.3 is 14.2 Å². The largest absolute Gasteiger partial charge is 0.431 e. The number of benzene rings is 1. The highest BCUT2D eigenvalue weighted by molar-refractivity contribution is 7.90. The van der Waals surface area contributed by atoms with Crippen LogP contribution in [-0.4, -0.2) is 62.1 Å². The van der Waals surface area contributed by atoms with Crippen LogP contribution in [0.5, 0.6) is 0 Å². The molecule has 1 unspecified atom stereocenters. The second kappa shape index (κ2) is 9.22. The second-order valence-electron chi connectivity index (χ2n) is 7.90. The van der Waals surface area contributed by atoms with E-state index in [0.29, 0.717) is 19.4 Å². The molecule has 2 aromatic rings. The normalized spacial score (nSPS) is 17.0. The highest BCUT2D eigenvalue weighted by Crippen LogP contribution is 2.38. The van der Waals surface area contributed by atoms with Crippen LogP contribution in [-0.2, 0) is 27.3 Å². The first-order valence-corrected chi connectivity index (χ1v) is 12.0. The van der Waals surface area contributed by atoms with Crippen molar-refractivity contribution < 1.29 is 35.5 Å². The molecule has 1 aromatic carbocycles. The van der Waals surface area contributed by atoms with Crippen LogP contribution in [0.25, 0.3) is 11.1 Å². The molecule has 11 heteroatoms. The summed E-state index contributed by atoms with van der Waals surface area (Å²) in [5, 5.41) is 0. The van der Waals surface area contributed by atoms with Crippen LogP contribution in [0.15, 0.2) is 30.3 Å². The van der Waals surface area contributed by atoms with Crippen molar-refractivity contribution >= 4 is 15.7 Å². The molecule has 1 fully saturated rings. The molecular weight excluding hydrogens is 452 g/mol. The van der Waals surface area contributed by atoms with Crippen molar-refractivity contribution in [2.24, 2.45) is 0 Å². The summed E-state index contributed by atoms with van der Waals surface area (Å²) in [4.78, 5) is 14.4. The first-order chi connectivity index (χ1) is 14.9. The summed E-state index contributed by atoms with van der Waals surface area (Å²) in [5.74, 6) is -1.66. The van der Waals surface area contributed by atoms with Crippen LogP contribution >= 0.6 is 0 Å². The van der Waals surface area contributed by atoms with Gasteiger partial charge in [0.25, 0.3) is 5.91 Å². The molecule has 0 bridgehead atoms. The molecule has 1 aliphatic rings. The van der Waals surface area contributed by atoms with E-state index in [1.165, 1.54) is 19.2 Å². The Morgan fingerprint density at radius 1 is 1.25 bits per heavy atom. The zero-order valence-electron chi connectivity index (χ0n) is 17.7. The van der Waals surface area contributed by atoms with Gasteiger partial charge in [-0.2, -0.15) is 13.2 Å². The summed E-state index contributed by atoms with van der Waals surface area (Å²) in [6, 6.07) is 5.67. The Kier molecular flexibility index (Phi) is 6.99. The third-order valence-corrected chi connectivity index (χ3v) is 6.22. The molecule has 3 rings (SSSR count). The van der Waals surface area contributed by atoms with E-state index >= 15 is 0 Å². The molecule has 1 aliphatic heterocycles. The number of rotatable bonds is 7. The zero-order chi connectivity index (χ0) is 23.7. The van der Waals surface area contributed by atoms with Crippen molar-refractivity contribution in [3.05, 3.63) is 47.5 Å². The van der Waals surface area contributed by atoms with Crippen LogP contribution in [0.2, 0.25) is 0 Å². The molecule has 1 saturated heterocycles. The number of carbonyl (C=O) groups is 1. The SMILES string of the molecule is CN(CCS(C)(=O)=O)C(=O)c1c(-c2ccc(F)cc2)cc(C(F)(F)F)n1CC1CCCO1. The predicted octanol–water partition coefficient (Wildman–Crippen LogP) is 3.61. The highest BCUT2D eigenvalue weighted by Gasteiger charge is 2.39. The van der Waals surface area contributed by atoms with Crippen molar-refractivity contribution in [1.82, 2.24) is 9.47 Å². The van der Waals surface area contributed by atoms with Gasteiger partial charge in [-0.15, -0.1) is 0 Å². The summed E-state index contributed by atoms with van der Waals surface area (Å²) >= 11 is 0. The Labute approximate surface area is 183 Å². The fourth-order valence-electron chi connectivity index (χ4n) is 3.63. The summed E-state index contributed by atoms with van der Waals surface area (Å²) in [7, 11) is -2.06. The van der Waals surface area contributed by atoms with Gasteiger partial charge in [0.2, 0.25) is 0 Å². The van der Waals surface area contributed by atoms with E-state index in [9.17, 15) is 30.8 Å². The van der Waals surface area contributed by atoms with Gasteiger partial charge >= 0.3 is 6.18 Å². The molecule has 0 radical (unpaired) electrons. The number of hydrogen-bond acceptors (Lipinski definition) is 4. The summed E-state index contributed by atoms with van der Waals surface area (Å²) in [5.41, 5.74) is -1.03. The van der Waals surface area contributed by atoms with Crippen LogP contribution in [0, 0.1) is 5.82 Å². The van der Waals surface area contributed by atoms with Gasteiger partial charge in [0, 0.05) is 38.6 Å². The van der Waals surface area contributed by atoms with Crippen LogP contribution in [0.4, 0.5) is 17.6 Å². The molecule has 6 nitrogen and oxygen atoms in total. The first kappa shape index (κ1) is 24.2. The lowest BCUT2D eigenvalue weighted by Gasteiger charge is -2.22. The fraction of sp³-hybridized carbons (Fsp3) is 0.476. The Bertz CT molecular complexity index is 1070. The Morgan fingerprint density at radius 2 is 1.91 bits per heavy atom. The van der Waals surface area contributed by atoms with Crippen molar-refractivity contribution in [2.75, 3.05) is 32.2 Å². The van der Waals surface area contributed by atoms with E-state index in [1.54, 1.807) is 0 Å².